The Morgan fingerprint density at radius 1 is 1.12 bits per heavy atom. The van der Waals surface area contributed by atoms with Crippen LogP contribution in [0.1, 0.15) is 29.5 Å². The van der Waals surface area contributed by atoms with E-state index in [0.29, 0.717) is 6.54 Å². The van der Waals surface area contributed by atoms with Crippen LogP contribution in [-0.2, 0) is 11.3 Å². The van der Waals surface area contributed by atoms with Gasteiger partial charge in [-0.25, -0.2) is 4.39 Å². The number of anilines is 1. The minimum Gasteiger partial charge on any atom is -0.326 e. The molecule has 1 heterocycles. The molecule has 1 saturated heterocycles. The molecule has 1 N–H and O–H groups in total. The maximum atomic E-state index is 13.8. The number of hydrogen-bond acceptors (Lipinski definition) is 2. The van der Waals surface area contributed by atoms with Crippen LogP contribution in [0.25, 0.3) is 0 Å². The van der Waals surface area contributed by atoms with E-state index in [9.17, 15) is 9.18 Å². The Bertz CT molecular complexity index is 731. The van der Waals surface area contributed by atoms with Crippen LogP contribution in [0.5, 0.6) is 0 Å². The quantitative estimate of drug-likeness (QED) is 0.900. The summed E-state index contributed by atoms with van der Waals surface area (Å²) in [6, 6.07) is 13.0. The predicted molar refractivity (Wildman–Crippen MR) is 98.9 cm³/mol. The first-order valence-corrected chi connectivity index (χ1v) is 8.86. The minimum absolute atomic E-state index is 0.0256. The number of amides is 1. The molecule has 0 unspecified atom stereocenters. The molecule has 0 aromatic heterocycles. The van der Waals surface area contributed by atoms with Crippen molar-refractivity contribution in [3.8, 4) is 0 Å². The van der Waals surface area contributed by atoms with E-state index in [-0.39, 0.29) is 17.6 Å². The van der Waals surface area contributed by atoms with Gasteiger partial charge in [-0.1, -0.05) is 24.3 Å². The van der Waals surface area contributed by atoms with Gasteiger partial charge < -0.3 is 5.32 Å². The molecule has 3 nitrogen and oxygen atoms in total. The standard InChI is InChI=1S/C21H25FN2O/c1-15-11-16(2)13-19(12-15)23-21(25)17-7-9-24(10-8-17)14-18-5-3-4-6-20(18)22/h3-6,11-13,17H,7-10,14H2,1-2H3,(H,23,25). The second-order valence-electron chi connectivity index (χ2n) is 7.01. The van der Waals surface area contributed by atoms with Crippen molar-refractivity contribution in [1.82, 2.24) is 4.90 Å². The van der Waals surface area contributed by atoms with Gasteiger partial charge in [0.15, 0.2) is 0 Å². The number of carbonyl (C=O) groups is 1. The van der Waals surface area contributed by atoms with Gasteiger partial charge in [-0.2, -0.15) is 0 Å². The number of nitrogens with zero attached hydrogens (tertiary/aromatic N) is 1. The average Bonchev–Trinajstić information content (AvgIpc) is 2.56. The molecule has 2 aromatic carbocycles. The molecular weight excluding hydrogens is 315 g/mol. The van der Waals surface area contributed by atoms with Gasteiger partial charge in [0.2, 0.25) is 5.91 Å². The Kier molecular flexibility index (Phi) is 5.49. The molecule has 132 valence electrons. The Labute approximate surface area is 148 Å². The van der Waals surface area contributed by atoms with E-state index in [0.717, 1.165) is 48.3 Å². The highest BCUT2D eigenvalue weighted by molar-refractivity contribution is 5.92. The van der Waals surface area contributed by atoms with Crippen LogP contribution in [-0.4, -0.2) is 23.9 Å². The Morgan fingerprint density at radius 2 is 1.76 bits per heavy atom. The molecule has 1 aliphatic heterocycles. The number of nitrogens with one attached hydrogen (secondary N) is 1. The largest absolute Gasteiger partial charge is 0.326 e. The third kappa shape index (κ3) is 4.67. The number of rotatable bonds is 4. The second kappa shape index (κ2) is 7.79. The lowest BCUT2D eigenvalue weighted by molar-refractivity contribution is -0.121. The molecule has 1 aliphatic rings. The smallest absolute Gasteiger partial charge is 0.227 e. The molecule has 0 bridgehead atoms. The van der Waals surface area contributed by atoms with E-state index in [4.69, 9.17) is 0 Å². The van der Waals surface area contributed by atoms with Crippen molar-refractivity contribution >= 4 is 11.6 Å². The van der Waals surface area contributed by atoms with Crippen molar-refractivity contribution < 1.29 is 9.18 Å². The maximum absolute atomic E-state index is 13.8. The van der Waals surface area contributed by atoms with Crippen molar-refractivity contribution in [2.24, 2.45) is 5.92 Å². The van der Waals surface area contributed by atoms with E-state index >= 15 is 0 Å². The minimum atomic E-state index is -0.155. The molecule has 0 saturated carbocycles. The van der Waals surface area contributed by atoms with Crippen LogP contribution in [0.15, 0.2) is 42.5 Å². The topological polar surface area (TPSA) is 32.3 Å². The molecular formula is C21H25FN2O. The summed E-state index contributed by atoms with van der Waals surface area (Å²) in [5.41, 5.74) is 3.89. The van der Waals surface area contributed by atoms with Crippen LogP contribution in [0, 0.1) is 25.6 Å². The summed E-state index contributed by atoms with van der Waals surface area (Å²) in [4.78, 5) is 14.7. The average molecular weight is 340 g/mol. The molecule has 1 fully saturated rings. The van der Waals surface area contributed by atoms with Gasteiger partial charge in [0.05, 0.1) is 0 Å². The predicted octanol–water partition coefficient (Wildman–Crippen LogP) is 4.29. The maximum Gasteiger partial charge on any atom is 0.227 e. The normalized spacial score (nSPS) is 16.0. The Morgan fingerprint density at radius 3 is 2.40 bits per heavy atom. The van der Waals surface area contributed by atoms with Crippen LogP contribution in [0.4, 0.5) is 10.1 Å². The number of halogens is 1. The number of likely N-dealkylation sites (tertiary alicyclic amines) is 1. The molecule has 0 atom stereocenters. The van der Waals surface area contributed by atoms with Gasteiger partial charge in [0.25, 0.3) is 0 Å². The zero-order valence-electron chi connectivity index (χ0n) is 14.9. The van der Waals surface area contributed by atoms with E-state index < -0.39 is 0 Å². The van der Waals surface area contributed by atoms with Gasteiger partial charge in [0.1, 0.15) is 5.82 Å². The molecule has 25 heavy (non-hydrogen) atoms. The summed E-state index contributed by atoms with van der Waals surface area (Å²) in [7, 11) is 0. The summed E-state index contributed by atoms with van der Waals surface area (Å²) in [5.74, 6) is -0.0367. The molecule has 0 aliphatic carbocycles. The van der Waals surface area contributed by atoms with E-state index in [1.54, 1.807) is 6.07 Å². The van der Waals surface area contributed by atoms with Crippen LogP contribution >= 0.6 is 0 Å². The lowest BCUT2D eigenvalue weighted by Crippen LogP contribution is -2.37. The van der Waals surface area contributed by atoms with E-state index in [1.807, 2.05) is 38.1 Å². The Hall–Kier alpha value is -2.20. The second-order valence-corrected chi connectivity index (χ2v) is 7.01. The molecule has 0 radical (unpaired) electrons. The fraction of sp³-hybridized carbons (Fsp3) is 0.381. The highest BCUT2D eigenvalue weighted by Crippen LogP contribution is 2.22. The SMILES string of the molecule is Cc1cc(C)cc(NC(=O)C2CCN(Cc3ccccc3F)CC2)c1. The van der Waals surface area contributed by atoms with Crippen molar-refractivity contribution in [3.05, 3.63) is 65.0 Å². The summed E-state index contributed by atoms with van der Waals surface area (Å²) in [6.07, 6.45) is 1.62. The fourth-order valence-electron chi connectivity index (χ4n) is 3.51. The van der Waals surface area contributed by atoms with Gasteiger partial charge in [-0.3, -0.25) is 9.69 Å². The first kappa shape index (κ1) is 17.6. The molecule has 1 amide bonds. The number of hydrogen-bond donors (Lipinski definition) is 1. The monoisotopic (exact) mass is 340 g/mol. The first-order valence-electron chi connectivity index (χ1n) is 8.86. The summed E-state index contributed by atoms with van der Waals surface area (Å²) in [5, 5.41) is 3.05. The van der Waals surface area contributed by atoms with Gasteiger partial charge in [0, 0.05) is 23.7 Å². The summed E-state index contributed by atoms with van der Waals surface area (Å²) >= 11 is 0. The third-order valence-electron chi connectivity index (χ3n) is 4.80. The van der Waals surface area contributed by atoms with Crippen LogP contribution in [0.2, 0.25) is 0 Å². The number of piperidine rings is 1. The van der Waals surface area contributed by atoms with Crippen molar-refractivity contribution in [2.45, 2.75) is 33.2 Å². The lowest BCUT2D eigenvalue weighted by atomic mass is 9.95. The van der Waals surface area contributed by atoms with E-state index in [2.05, 4.69) is 16.3 Å². The summed E-state index contributed by atoms with van der Waals surface area (Å²) in [6.45, 7) is 6.31. The lowest BCUT2D eigenvalue weighted by Gasteiger charge is -2.31. The number of aryl methyl sites for hydroxylation is 2. The Balaban J connectivity index is 1.53. The number of benzene rings is 2. The van der Waals surface area contributed by atoms with Gasteiger partial charge in [-0.05, 0) is 69.1 Å². The van der Waals surface area contributed by atoms with E-state index in [1.165, 1.54) is 6.07 Å². The molecule has 0 spiro atoms. The zero-order valence-corrected chi connectivity index (χ0v) is 14.9. The van der Waals surface area contributed by atoms with Gasteiger partial charge >= 0.3 is 0 Å². The van der Waals surface area contributed by atoms with Crippen molar-refractivity contribution in [1.29, 1.82) is 0 Å². The van der Waals surface area contributed by atoms with Crippen molar-refractivity contribution in [3.63, 3.8) is 0 Å². The van der Waals surface area contributed by atoms with Gasteiger partial charge in [-0.15, -0.1) is 0 Å². The molecule has 3 rings (SSSR count). The zero-order chi connectivity index (χ0) is 17.8. The van der Waals surface area contributed by atoms with Crippen molar-refractivity contribution in [2.75, 3.05) is 18.4 Å². The molecule has 4 heteroatoms. The summed E-state index contributed by atoms with van der Waals surface area (Å²) < 4.78 is 13.8. The highest BCUT2D eigenvalue weighted by Gasteiger charge is 2.25. The third-order valence-corrected chi connectivity index (χ3v) is 4.80. The first-order chi connectivity index (χ1) is 12.0. The molecule has 2 aromatic rings. The van der Waals surface area contributed by atoms with Crippen LogP contribution < -0.4 is 5.32 Å². The fourth-order valence-corrected chi connectivity index (χ4v) is 3.51. The van der Waals surface area contributed by atoms with Crippen LogP contribution in [0.3, 0.4) is 0 Å². The number of carbonyl (C=O) groups excluding carboxylic acids is 1. The highest BCUT2D eigenvalue weighted by atomic mass is 19.1.